The fourth-order valence-electron chi connectivity index (χ4n) is 4.04. The summed E-state index contributed by atoms with van der Waals surface area (Å²) in [7, 11) is -4.73. The molecule has 7 N–H and O–H groups in total. The van der Waals surface area contributed by atoms with Gasteiger partial charge in [0.2, 0.25) is 0 Å². The highest BCUT2D eigenvalue weighted by atomic mass is 32.2. The summed E-state index contributed by atoms with van der Waals surface area (Å²) in [6, 6.07) is 16.0. The van der Waals surface area contributed by atoms with Crippen LogP contribution in [0.25, 0.3) is 0 Å². The summed E-state index contributed by atoms with van der Waals surface area (Å²) in [4.78, 5) is 27.3. The molecular formula is C26H29N3O8S. The van der Waals surface area contributed by atoms with Gasteiger partial charge in [0, 0.05) is 36.4 Å². The van der Waals surface area contributed by atoms with Crippen molar-refractivity contribution in [2.45, 2.75) is 4.90 Å². The Morgan fingerprint density at radius 3 is 1.71 bits per heavy atom. The van der Waals surface area contributed by atoms with E-state index in [-0.39, 0.29) is 47.8 Å². The number of para-hydroxylation sites is 1. The van der Waals surface area contributed by atoms with Crippen molar-refractivity contribution in [2.24, 2.45) is 0 Å². The van der Waals surface area contributed by atoms with Gasteiger partial charge in [-0.05, 0) is 18.2 Å². The second-order valence-corrected chi connectivity index (χ2v) is 9.66. The van der Waals surface area contributed by atoms with E-state index >= 15 is 0 Å². The first kappa shape index (κ1) is 28.9. The smallest absolute Gasteiger partial charge is 0.296 e. The van der Waals surface area contributed by atoms with Crippen molar-refractivity contribution in [3.63, 3.8) is 0 Å². The maximum absolute atomic E-state index is 13.1. The van der Waals surface area contributed by atoms with Crippen LogP contribution in [0.4, 0.5) is 17.1 Å². The standard InChI is InChI=1S/C20H14N2O5S.C6H15NO3/c21-18-15(28(25,26)27)10-14(22-11-6-2-1-3-7-11)16-17(18)20(24)13-9-5-4-8-12(13)19(16)23;8-4-1-7(2-5-9)3-6-10/h1-10,22H,21H2,(H,25,26,27);8-10H,1-6H2. The summed E-state index contributed by atoms with van der Waals surface area (Å²) in [5.74, 6) is -1.04. The van der Waals surface area contributed by atoms with Gasteiger partial charge in [-0.25, -0.2) is 0 Å². The Balaban J connectivity index is 0.000000342. The number of aliphatic hydroxyl groups excluding tert-OH is 3. The third-order valence-corrected chi connectivity index (χ3v) is 6.67. The molecule has 11 nitrogen and oxygen atoms in total. The predicted molar refractivity (Wildman–Crippen MR) is 141 cm³/mol. The summed E-state index contributed by atoms with van der Waals surface area (Å²) in [5.41, 5.74) is 6.16. The van der Waals surface area contributed by atoms with Crippen LogP contribution >= 0.6 is 0 Å². The summed E-state index contributed by atoms with van der Waals surface area (Å²) in [6.45, 7) is 1.75. The maximum Gasteiger partial charge on any atom is 0.296 e. The van der Waals surface area contributed by atoms with Gasteiger partial charge < -0.3 is 26.4 Å². The Morgan fingerprint density at radius 2 is 1.24 bits per heavy atom. The molecule has 0 fully saturated rings. The number of nitrogens with one attached hydrogen (secondary N) is 1. The van der Waals surface area contributed by atoms with Crippen LogP contribution in [0.3, 0.4) is 0 Å². The first-order valence-corrected chi connectivity index (χ1v) is 13.1. The molecule has 0 saturated carbocycles. The Bertz CT molecular complexity index is 1400. The SMILES string of the molecule is Nc1c(S(=O)(=O)O)cc(Nc2ccccc2)c2c1C(=O)c1ccccc1C2=O.OCCN(CCO)CCO. The van der Waals surface area contributed by atoms with Gasteiger partial charge in [0.05, 0.1) is 42.3 Å². The van der Waals surface area contributed by atoms with Crippen LogP contribution in [0.15, 0.2) is 65.6 Å². The number of benzene rings is 3. The molecule has 4 rings (SSSR count). The molecule has 0 amide bonds. The van der Waals surface area contributed by atoms with E-state index in [1.165, 1.54) is 12.1 Å². The number of aliphatic hydroxyl groups is 3. The Hall–Kier alpha value is -3.65. The number of nitrogens with two attached hydrogens (primary N) is 1. The van der Waals surface area contributed by atoms with Gasteiger partial charge in [0.15, 0.2) is 11.6 Å². The number of rotatable bonds is 9. The topological polar surface area (TPSA) is 190 Å². The number of hydrogen-bond acceptors (Lipinski definition) is 10. The lowest BCUT2D eigenvalue weighted by atomic mass is 9.82. The van der Waals surface area contributed by atoms with Gasteiger partial charge in [-0.3, -0.25) is 19.0 Å². The van der Waals surface area contributed by atoms with E-state index < -0.39 is 32.3 Å². The van der Waals surface area contributed by atoms with Crippen molar-refractivity contribution in [1.82, 2.24) is 4.90 Å². The lowest BCUT2D eigenvalue weighted by Gasteiger charge is -2.23. The van der Waals surface area contributed by atoms with Crippen molar-refractivity contribution < 1.29 is 37.9 Å². The molecule has 3 aromatic rings. The Labute approximate surface area is 219 Å². The van der Waals surface area contributed by atoms with Crippen molar-refractivity contribution in [2.75, 3.05) is 50.5 Å². The first-order chi connectivity index (χ1) is 18.1. The van der Waals surface area contributed by atoms with E-state index in [1.54, 1.807) is 47.4 Å². The zero-order valence-electron chi connectivity index (χ0n) is 20.4. The van der Waals surface area contributed by atoms with Crippen LogP contribution < -0.4 is 11.1 Å². The number of carbonyl (C=O) groups excluding carboxylic acids is 2. The highest BCUT2D eigenvalue weighted by molar-refractivity contribution is 7.86. The average molecular weight is 544 g/mol. The molecule has 0 unspecified atom stereocenters. The number of ketones is 2. The third kappa shape index (κ3) is 6.42. The summed E-state index contributed by atoms with van der Waals surface area (Å²) < 4.78 is 33.2. The van der Waals surface area contributed by atoms with Crippen LogP contribution in [-0.4, -0.2) is 84.2 Å². The largest absolute Gasteiger partial charge is 0.397 e. The molecule has 0 bridgehead atoms. The maximum atomic E-state index is 13.1. The van der Waals surface area contributed by atoms with Gasteiger partial charge >= 0.3 is 0 Å². The van der Waals surface area contributed by atoms with Crippen LogP contribution in [0.2, 0.25) is 0 Å². The lowest BCUT2D eigenvalue weighted by Crippen LogP contribution is -2.32. The molecule has 1 aliphatic carbocycles. The number of anilines is 3. The minimum atomic E-state index is -4.73. The molecule has 0 atom stereocenters. The van der Waals surface area contributed by atoms with Gasteiger partial charge in [-0.2, -0.15) is 8.42 Å². The van der Waals surface area contributed by atoms with Crippen LogP contribution in [0, 0.1) is 0 Å². The molecule has 0 radical (unpaired) electrons. The first-order valence-electron chi connectivity index (χ1n) is 11.6. The number of nitrogens with zero attached hydrogens (tertiary/aromatic N) is 1. The Morgan fingerprint density at radius 1 is 0.763 bits per heavy atom. The van der Waals surface area contributed by atoms with E-state index in [2.05, 4.69) is 5.32 Å². The minimum Gasteiger partial charge on any atom is -0.397 e. The molecule has 0 aliphatic heterocycles. The lowest BCUT2D eigenvalue weighted by molar-refractivity contribution is 0.0980. The molecule has 38 heavy (non-hydrogen) atoms. The molecule has 1 aliphatic rings. The van der Waals surface area contributed by atoms with E-state index in [0.717, 1.165) is 6.07 Å². The zero-order valence-corrected chi connectivity index (χ0v) is 21.2. The van der Waals surface area contributed by atoms with Gasteiger partial charge in [0.25, 0.3) is 10.1 Å². The van der Waals surface area contributed by atoms with Crippen molar-refractivity contribution in [3.05, 3.63) is 82.9 Å². The third-order valence-electron chi connectivity index (χ3n) is 5.78. The van der Waals surface area contributed by atoms with Crippen molar-refractivity contribution in [1.29, 1.82) is 0 Å². The minimum absolute atomic E-state index is 0.0301. The van der Waals surface area contributed by atoms with Crippen molar-refractivity contribution >= 4 is 38.7 Å². The molecule has 0 heterocycles. The molecule has 0 spiro atoms. The molecule has 3 aromatic carbocycles. The monoisotopic (exact) mass is 543 g/mol. The van der Waals surface area contributed by atoms with Crippen LogP contribution in [-0.2, 0) is 10.1 Å². The zero-order chi connectivity index (χ0) is 27.9. The van der Waals surface area contributed by atoms with E-state index in [0.29, 0.717) is 25.3 Å². The molecule has 202 valence electrons. The average Bonchev–Trinajstić information content (AvgIpc) is 2.89. The molecular weight excluding hydrogens is 514 g/mol. The van der Waals surface area contributed by atoms with E-state index in [4.69, 9.17) is 21.1 Å². The van der Waals surface area contributed by atoms with Crippen molar-refractivity contribution in [3.8, 4) is 0 Å². The van der Waals surface area contributed by atoms with Crippen LogP contribution in [0.1, 0.15) is 31.8 Å². The fourth-order valence-corrected chi connectivity index (χ4v) is 4.69. The van der Waals surface area contributed by atoms with E-state index in [1.807, 2.05) is 0 Å². The number of hydrogen-bond donors (Lipinski definition) is 6. The summed E-state index contributed by atoms with van der Waals surface area (Å²) in [6.07, 6.45) is 0. The molecule has 12 heteroatoms. The van der Waals surface area contributed by atoms with Gasteiger partial charge in [-0.15, -0.1) is 0 Å². The second kappa shape index (κ2) is 12.7. The number of nitrogen functional groups attached to an aromatic ring is 1. The highest BCUT2D eigenvalue weighted by Crippen LogP contribution is 2.39. The Kier molecular flexibility index (Phi) is 9.69. The second-order valence-electron chi connectivity index (χ2n) is 8.27. The van der Waals surface area contributed by atoms with Crippen LogP contribution in [0.5, 0.6) is 0 Å². The summed E-state index contributed by atoms with van der Waals surface area (Å²) >= 11 is 0. The predicted octanol–water partition coefficient (Wildman–Crippen LogP) is 1.30. The van der Waals surface area contributed by atoms with E-state index in [9.17, 15) is 22.6 Å². The molecule has 0 aromatic heterocycles. The number of fused-ring (bicyclic) bond motifs is 2. The normalized spacial score (nSPS) is 12.4. The number of carbonyl (C=O) groups is 2. The quantitative estimate of drug-likeness (QED) is 0.132. The van der Waals surface area contributed by atoms with Gasteiger partial charge in [-0.1, -0.05) is 42.5 Å². The molecule has 0 saturated heterocycles. The van der Waals surface area contributed by atoms with Gasteiger partial charge in [0.1, 0.15) is 4.90 Å². The summed E-state index contributed by atoms with van der Waals surface area (Å²) in [5, 5.41) is 28.4. The highest BCUT2D eigenvalue weighted by Gasteiger charge is 2.36. The fraction of sp³-hybridized carbons (Fsp3) is 0.231.